The molecule has 1 aromatic rings. The zero-order chi connectivity index (χ0) is 12.1. The number of nitrogens with zero attached hydrogens (tertiary/aromatic N) is 1. The second-order valence-electron chi connectivity index (χ2n) is 4.51. The Morgan fingerprint density at radius 1 is 1.29 bits per heavy atom. The van der Waals surface area contributed by atoms with Gasteiger partial charge in [-0.25, -0.2) is 4.39 Å². The molecule has 0 spiro atoms. The molecule has 4 heteroatoms. The zero-order valence-electron chi connectivity index (χ0n) is 10.0. The topological polar surface area (TPSA) is 41.3 Å². The normalized spacial score (nSPS) is 19.2. The van der Waals surface area contributed by atoms with Gasteiger partial charge in [-0.15, -0.1) is 0 Å². The third-order valence-corrected chi connectivity index (χ3v) is 3.27. The van der Waals surface area contributed by atoms with Crippen molar-refractivity contribution in [2.24, 2.45) is 5.73 Å². The van der Waals surface area contributed by atoms with Crippen LogP contribution in [-0.4, -0.2) is 37.6 Å². The summed E-state index contributed by atoms with van der Waals surface area (Å²) in [6.45, 7) is 5.13. The third-order valence-electron chi connectivity index (χ3n) is 3.27. The first kappa shape index (κ1) is 12.5. The Hall–Kier alpha value is -0.970. The predicted octanol–water partition coefficient (Wildman–Crippen LogP) is 1.12. The van der Waals surface area contributed by atoms with Crippen LogP contribution in [0.4, 0.5) is 4.39 Å². The summed E-state index contributed by atoms with van der Waals surface area (Å²) in [4.78, 5) is 2.37. The molecule has 94 valence electrons. The second kappa shape index (κ2) is 6.10. The van der Waals surface area contributed by atoms with Crippen molar-refractivity contribution in [2.45, 2.75) is 12.5 Å². The summed E-state index contributed by atoms with van der Waals surface area (Å²) in [6.07, 6.45) is 0.806. The van der Waals surface area contributed by atoms with E-state index in [0.717, 1.165) is 39.1 Å². The summed E-state index contributed by atoms with van der Waals surface area (Å²) in [7, 11) is 0. The SMILES string of the molecule is NC(CCN1CCNCC1)c1ccccc1F. The molecule has 1 atom stereocenters. The minimum atomic E-state index is -0.203. The van der Waals surface area contributed by atoms with Gasteiger partial charge in [-0.3, -0.25) is 0 Å². The Labute approximate surface area is 102 Å². The van der Waals surface area contributed by atoms with Crippen molar-refractivity contribution in [3.05, 3.63) is 35.6 Å². The Balaban J connectivity index is 1.84. The van der Waals surface area contributed by atoms with E-state index >= 15 is 0 Å². The molecule has 0 aromatic heterocycles. The summed E-state index contributed by atoms with van der Waals surface area (Å²) in [6, 6.07) is 6.58. The quantitative estimate of drug-likeness (QED) is 0.824. The Kier molecular flexibility index (Phi) is 4.48. The lowest BCUT2D eigenvalue weighted by molar-refractivity contribution is 0.232. The average Bonchev–Trinajstić information content (AvgIpc) is 2.38. The molecule has 3 N–H and O–H groups in total. The van der Waals surface area contributed by atoms with Crippen molar-refractivity contribution in [1.29, 1.82) is 0 Å². The zero-order valence-corrected chi connectivity index (χ0v) is 10.0. The fourth-order valence-corrected chi connectivity index (χ4v) is 2.19. The van der Waals surface area contributed by atoms with Gasteiger partial charge in [0.1, 0.15) is 5.82 Å². The maximum atomic E-state index is 13.5. The van der Waals surface area contributed by atoms with Crippen LogP contribution in [0.2, 0.25) is 0 Å². The van der Waals surface area contributed by atoms with Gasteiger partial charge >= 0.3 is 0 Å². The van der Waals surface area contributed by atoms with Crippen molar-refractivity contribution in [2.75, 3.05) is 32.7 Å². The van der Waals surface area contributed by atoms with Crippen LogP contribution in [0.5, 0.6) is 0 Å². The first-order valence-electron chi connectivity index (χ1n) is 6.20. The van der Waals surface area contributed by atoms with Crippen molar-refractivity contribution in [3.8, 4) is 0 Å². The number of nitrogens with two attached hydrogens (primary N) is 1. The van der Waals surface area contributed by atoms with E-state index in [-0.39, 0.29) is 11.9 Å². The van der Waals surface area contributed by atoms with E-state index in [4.69, 9.17) is 5.73 Å². The largest absolute Gasteiger partial charge is 0.324 e. The van der Waals surface area contributed by atoms with Crippen LogP contribution in [0.15, 0.2) is 24.3 Å². The highest BCUT2D eigenvalue weighted by atomic mass is 19.1. The van der Waals surface area contributed by atoms with Gasteiger partial charge in [0.25, 0.3) is 0 Å². The van der Waals surface area contributed by atoms with E-state index in [2.05, 4.69) is 10.2 Å². The molecule has 0 radical (unpaired) electrons. The summed E-state index contributed by atoms with van der Waals surface area (Å²) in [5, 5.41) is 3.31. The molecule has 1 fully saturated rings. The highest BCUT2D eigenvalue weighted by Gasteiger charge is 2.14. The highest BCUT2D eigenvalue weighted by Crippen LogP contribution is 2.17. The fraction of sp³-hybridized carbons (Fsp3) is 0.538. The molecule has 3 nitrogen and oxygen atoms in total. The highest BCUT2D eigenvalue weighted by molar-refractivity contribution is 5.20. The van der Waals surface area contributed by atoms with Crippen LogP contribution in [-0.2, 0) is 0 Å². The smallest absolute Gasteiger partial charge is 0.127 e. The molecule has 0 bridgehead atoms. The van der Waals surface area contributed by atoms with Gasteiger partial charge in [-0.1, -0.05) is 18.2 Å². The van der Waals surface area contributed by atoms with E-state index in [9.17, 15) is 4.39 Å². The summed E-state index contributed by atoms with van der Waals surface area (Å²) >= 11 is 0. The average molecular weight is 237 g/mol. The van der Waals surface area contributed by atoms with Gasteiger partial charge in [0, 0.05) is 44.3 Å². The van der Waals surface area contributed by atoms with Gasteiger partial charge in [0.15, 0.2) is 0 Å². The Morgan fingerprint density at radius 3 is 2.71 bits per heavy atom. The van der Waals surface area contributed by atoms with Crippen LogP contribution in [0, 0.1) is 5.82 Å². The maximum Gasteiger partial charge on any atom is 0.127 e. The van der Waals surface area contributed by atoms with Gasteiger partial charge in [-0.2, -0.15) is 0 Å². The number of benzene rings is 1. The number of hydrogen-bond acceptors (Lipinski definition) is 3. The van der Waals surface area contributed by atoms with Crippen molar-refractivity contribution >= 4 is 0 Å². The molecule has 1 unspecified atom stereocenters. The molecule has 1 aromatic carbocycles. The van der Waals surface area contributed by atoms with E-state index in [0.29, 0.717) is 5.56 Å². The molecule has 0 aliphatic carbocycles. The predicted molar refractivity (Wildman–Crippen MR) is 67.3 cm³/mol. The van der Waals surface area contributed by atoms with Crippen LogP contribution in [0.25, 0.3) is 0 Å². The molecule has 2 rings (SSSR count). The maximum absolute atomic E-state index is 13.5. The van der Waals surface area contributed by atoms with Gasteiger partial charge in [0.2, 0.25) is 0 Å². The number of nitrogens with one attached hydrogen (secondary N) is 1. The first-order chi connectivity index (χ1) is 8.27. The van der Waals surface area contributed by atoms with E-state index in [1.807, 2.05) is 6.07 Å². The van der Waals surface area contributed by atoms with E-state index < -0.39 is 0 Å². The van der Waals surface area contributed by atoms with Crippen molar-refractivity contribution in [3.63, 3.8) is 0 Å². The monoisotopic (exact) mass is 237 g/mol. The summed E-state index contributed by atoms with van der Waals surface area (Å²) < 4.78 is 13.5. The van der Waals surface area contributed by atoms with E-state index in [1.54, 1.807) is 12.1 Å². The van der Waals surface area contributed by atoms with E-state index in [1.165, 1.54) is 6.07 Å². The van der Waals surface area contributed by atoms with Gasteiger partial charge in [0.05, 0.1) is 0 Å². The molecule has 17 heavy (non-hydrogen) atoms. The lowest BCUT2D eigenvalue weighted by Gasteiger charge is -2.28. The first-order valence-corrected chi connectivity index (χ1v) is 6.20. The molecule has 1 aliphatic heterocycles. The van der Waals surface area contributed by atoms with Gasteiger partial charge in [-0.05, 0) is 12.5 Å². The molecule has 0 amide bonds. The van der Waals surface area contributed by atoms with Crippen LogP contribution in [0.3, 0.4) is 0 Å². The Bertz CT molecular complexity index is 350. The number of halogens is 1. The van der Waals surface area contributed by atoms with Crippen LogP contribution in [0.1, 0.15) is 18.0 Å². The third kappa shape index (κ3) is 3.49. The Morgan fingerprint density at radius 2 is 2.00 bits per heavy atom. The van der Waals surface area contributed by atoms with Crippen LogP contribution >= 0.6 is 0 Å². The van der Waals surface area contributed by atoms with Gasteiger partial charge < -0.3 is 16.0 Å². The molecular formula is C13H20FN3. The lowest BCUT2D eigenvalue weighted by Crippen LogP contribution is -2.44. The second-order valence-corrected chi connectivity index (χ2v) is 4.51. The minimum absolute atomic E-state index is 0.194. The van der Waals surface area contributed by atoms with Crippen molar-refractivity contribution in [1.82, 2.24) is 10.2 Å². The minimum Gasteiger partial charge on any atom is -0.324 e. The molecule has 1 heterocycles. The standard InChI is InChI=1S/C13H20FN3/c14-12-4-2-1-3-11(12)13(15)5-8-17-9-6-16-7-10-17/h1-4,13,16H,5-10,15H2. The lowest BCUT2D eigenvalue weighted by atomic mass is 10.0. The molecule has 1 aliphatic rings. The molecule has 1 saturated heterocycles. The molecule has 0 saturated carbocycles. The van der Waals surface area contributed by atoms with Crippen LogP contribution < -0.4 is 11.1 Å². The number of piperazine rings is 1. The fourth-order valence-electron chi connectivity index (χ4n) is 2.19. The molecular weight excluding hydrogens is 217 g/mol. The summed E-state index contributed by atoms with van der Waals surface area (Å²) in [5.41, 5.74) is 6.66. The number of hydrogen-bond donors (Lipinski definition) is 2. The summed E-state index contributed by atoms with van der Waals surface area (Å²) in [5.74, 6) is -0.194. The number of rotatable bonds is 4. The van der Waals surface area contributed by atoms with Crippen molar-refractivity contribution < 1.29 is 4.39 Å².